The molecule has 0 unspecified atom stereocenters. The summed E-state index contributed by atoms with van der Waals surface area (Å²) in [5.74, 6) is 1.18. The van der Waals surface area contributed by atoms with E-state index in [9.17, 15) is 9.59 Å². The van der Waals surface area contributed by atoms with Gasteiger partial charge in [0.1, 0.15) is 23.9 Å². The number of carbonyl (C=O) groups is 2. The Balaban J connectivity index is 1.66. The first-order valence-electron chi connectivity index (χ1n) is 7.78. The van der Waals surface area contributed by atoms with E-state index >= 15 is 0 Å². The van der Waals surface area contributed by atoms with Crippen LogP contribution in [0.5, 0.6) is 5.75 Å². The third-order valence-electron chi connectivity index (χ3n) is 4.05. The van der Waals surface area contributed by atoms with E-state index in [0.717, 1.165) is 4.90 Å². The molecule has 7 heteroatoms. The van der Waals surface area contributed by atoms with Crippen molar-refractivity contribution in [1.29, 1.82) is 5.26 Å². The number of furan rings is 1. The normalized spacial score (nSPS) is 19.6. The highest BCUT2D eigenvalue weighted by atomic mass is 16.5. The number of ether oxygens (including phenoxy) is 1. The summed E-state index contributed by atoms with van der Waals surface area (Å²) in [6, 6.07) is 11.6. The van der Waals surface area contributed by atoms with Gasteiger partial charge >= 0.3 is 6.03 Å². The second-order valence-electron chi connectivity index (χ2n) is 5.91. The van der Waals surface area contributed by atoms with E-state index in [2.05, 4.69) is 5.32 Å². The van der Waals surface area contributed by atoms with Crippen molar-refractivity contribution in [2.45, 2.75) is 19.4 Å². The number of nitrogens with one attached hydrogen (secondary N) is 1. The molecule has 1 fully saturated rings. The molecule has 1 aromatic carbocycles. The Morgan fingerprint density at radius 3 is 2.80 bits per heavy atom. The zero-order valence-corrected chi connectivity index (χ0v) is 13.9. The van der Waals surface area contributed by atoms with Gasteiger partial charge in [-0.05, 0) is 44.2 Å². The number of rotatable bonds is 5. The maximum absolute atomic E-state index is 12.7. The Kier molecular flexibility index (Phi) is 4.19. The van der Waals surface area contributed by atoms with Crippen LogP contribution >= 0.6 is 0 Å². The smallest absolute Gasteiger partial charge is 0.325 e. The summed E-state index contributed by atoms with van der Waals surface area (Å²) in [5, 5.41) is 11.5. The molecule has 0 saturated carbocycles. The number of amides is 3. The minimum atomic E-state index is -1.22. The number of nitrogens with zero attached hydrogens (tertiary/aromatic N) is 2. The monoisotopic (exact) mass is 339 g/mol. The number of benzene rings is 1. The van der Waals surface area contributed by atoms with Crippen LogP contribution in [0.1, 0.15) is 24.0 Å². The summed E-state index contributed by atoms with van der Waals surface area (Å²) in [5.41, 5.74) is -0.736. The average Bonchev–Trinajstić information content (AvgIpc) is 3.13. The number of imide groups is 1. The second kappa shape index (κ2) is 6.32. The summed E-state index contributed by atoms with van der Waals surface area (Å²) >= 11 is 0. The molecule has 1 aliphatic heterocycles. The molecule has 1 aliphatic rings. The lowest BCUT2D eigenvalue weighted by molar-refractivity contribution is -0.131. The number of urea groups is 1. The van der Waals surface area contributed by atoms with Crippen LogP contribution in [0.2, 0.25) is 0 Å². The van der Waals surface area contributed by atoms with E-state index in [1.165, 1.54) is 0 Å². The van der Waals surface area contributed by atoms with E-state index in [1.54, 1.807) is 50.2 Å². The lowest BCUT2D eigenvalue weighted by Gasteiger charge is -2.19. The van der Waals surface area contributed by atoms with Crippen LogP contribution in [0.15, 0.2) is 40.8 Å². The fourth-order valence-corrected chi connectivity index (χ4v) is 2.68. The van der Waals surface area contributed by atoms with Crippen molar-refractivity contribution in [1.82, 2.24) is 10.2 Å². The Hall–Kier alpha value is -3.27. The molecular weight excluding hydrogens is 322 g/mol. The third kappa shape index (κ3) is 3.06. The predicted octanol–water partition coefficient (Wildman–Crippen LogP) is 2.31. The first kappa shape index (κ1) is 16.6. The molecule has 1 aromatic heterocycles. The molecular formula is C18H17N3O4. The van der Waals surface area contributed by atoms with Crippen LogP contribution in [0.25, 0.3) is 0 Å². The first-order valence-corrected chi connectivity index (χ1v) is 7.78. The summed E-state index contributed by atoms with van der Waals surface area (Å²) in [7, 11) is 0. The van der Waals surface area contributed by atoms with Crippen LogP contribution in [-0.2, 0) is 10.3 Å². The molecule has 1 saturated heterocycles. The van der Waals surface area contributed by atoms with Crippen LogP contribution < -0.4 is 10.1 Å². The first-order chi connectivity index (χ1) is 11.9. The molecule has 128 valence electrons. The minimum absolute atomic E-state index is 0.0940. The van der Waals surface area contributed by atoms with Crippen LogP contribution in [0.3, 0.4) is 0 Å². The van der Waals surface area contributed by atoms with Crippen molar-refractivity contribution in [3.63, 3.8) is 0 Å². The van der Waals surface area contributed by atoms with Crippen molar-refractivity contribution in [3.8, 4) is 11.8 Å². The highest BCUT2D eigenvalue weighted by Gasteiger charge is 2.50. The Bertz CT molecular complexity index is 867. The van der Waals surface area contributed by atoms with Crippen LogP contribution in [-0.4, -0.2) is 30.0 Å². The van der Waals surface area contributed by atoms with Crippen molar-refractivity contribution < 1.29 is 18.7 Å². The van der Waals surface area contributed by atoms with E-state index < -0.39 is 11.6 Å². The Morgan fingerprint density at radius 2 is 2.12 bits per heavy atom. The Morgan fingerprint density at radius 1 is 1.32 bits per heavy atom. The summed E-state index contributed by atoms with van der Waals surface area (Å²) < 4.78 is 11.0. The molecule has 3 rings (SSSR count). The number of hydrogen-bond donors (Lipinski definition) is 1. The fourth-order valence-electron chi connectivity index (χ4n) is 2.68. The molecule has 0 aliphatic carbocycles. The molecule has 25 heavy (non-hydrogen) atoms. The van der Waals surface area contributed by atoms with Crippen LogP contribution in [0, 0.1) is 18.3 Å². The largest absolute Gasteiger partial charge is 0.492 e. The fraction of sp³-hybridized carbons (Fsp3) is 0.278. The van der Waals surface area contributed by atoms with Gasteiger partial charge in [-0.2, -0.15) is 5.26 Å². The molecule has 3 amide bonds. The minimum Gasteiger partial charge on any atom is -0.492 e. The van der Waals surface area contributed by atoms with Gasteiger partial charge in [-0.3, -0.25) is 9.69 Å². The maximum atomic E-state index is 12.7. The van der Waals surface area contributed by atoms with Gasteiger partial charge in [0.05, 0.1) is 18.2 Å². The Labute approximate surface area is 144 Å². The number of carbonyl (C=O) groups excluding carboxylic acids is 2. The number of hydrogen-bond acceptors (Lipinski definition) is 5. The van der Waals surface area contributed by atoms with Gasteiger partial charge in [-0.1, -0.05) is 6.07 Å². The van der Waals surface area contributed by atoms with Gasteiger partial charge in [0.2, 0.25) is 0 Å². The van der Waals surface area contributed by atoms with Crippen molar-refractivity contribution >= 4 is 11.9 Å². The zero-order chi connectivity index (χ0) is 18.0. The van der Waals surface area contributed by atoms with Gasteiger partial charge in [0, 0.05) is 0 Å². The van der Waals surface area contributed by atoms with Crippen LogP contribution in [0.4, 0.5) is 4.79 Å². The van der Waals surface area contributed by atoms with E-state index in [1.807, 2.05) is 6.07 Å². The molecule has 0 radical (unpaired) electrons. The lowest BCUT2D eigenvalue weighted by atomic mass is 9.99. The zero-order valence-electron chi connectivity index (χ0n) is 13.9. The second-order valence-corrected chi connectivity index (χ2v) is 5.91. The highest BCUT2D eigenvalue weighted by molar-refractivity contribution is 6.06. The van der Waals surface area contributed by atoms with Gasteiger partial charge in [0.15, 0.2) is 5.54 Å². The quantitative estimate of drug-likeness (QED) is 0.843. The molecule has 1 atom stereocenters. The molecule has 0 bridgehead atoms. The predicted molar refractivity (Wildman–Crippen MR) is 87.7 cm³/mol. The van der Waals surface area contributed by atoms with Gasteiger partial charge in [-0.15, -0.1) is 0 Å². The number of aryl methyl sites for hydroxylation is 1. The molecule has 2 heterocycles. The summed E-state index contributed by atoms with van der Waals surface area (Å²) in [4.78, 5) is 26.0. The van der Waals surface area contributed by atoms with Gasteiger partial charge in [0.25, 0.3) is 5.91 Å². The van der Waals surface area contributed by atoms with Crippen molar-refractivity contribution in [2.75, 3.05) is 13.2 Å². The van der Waals surface area contributed by atoms with E-state index in [-0.39, 0.29) is 19.1 Å². The highest BCUT2D eigenvalue weighted by Crippen LogP contribution is 2.30. The molecule has 1 N–H and O–H groups in total. The molecule has 7 nitrogen and oxygen atoms in total. The molecule has 2 aromatic rings. The maximum Gasteiger partial charge on any atom is 0.325 e. The van der Waals surface area contributed by atoms with E-state index in [0.29, 0.717) is 22.8 Å². The van der Waals surface area contributed by atoms with Crippen molar-refractivity contribution in [3.05, 3.63) is 53.5 Å². The third-order valence-corrected chi connectivity index (χ3v) is 4.05. The molecule has 0 spiro atoms. The number of nitriles is 1. The lowest BCUT2D eigenvalue weighted by Crippen LogP contribution is -2.41. The SMILES string of the molecule is Cc1ccc([C@@]2(C)NC(=O)N(CCOc3cccc(C#N)c3)C2=O)o1. The standard InChI is InChI=1S/C18H17N3O4/c1-12-6-7-15(25-12)18(2)16(22)21(17(23)20-18)8-9-24-14-5-3-4-13(10-14)11-19/h3-7,10H,8-9H2,1-2H3,(H,20,23)/t18-/m1/s1. The summed E-state index contributed by atoms with van der Waals surface area (Å²) in [6.45, 7) is 3.61. The van der Waals surface area contributed by atoms with Gasteiger partial charge < -0.3 is 14.5 Å². The topological polar surface area (TPSA) is 95.6 Å². The summed E-state index contributed by atoms with van der Waals surface area (Å²) in [6.07, 6.45) is 0. The van der Waals surface area contributed by atoms with Gasteiger partial charge in [-0.25, -0.2) is 4.79 Å². The van der Waals surface area contributed by atoms with Crippen molar-refractivity contribution in [2.24, 2.45) is 0 Å². The average molecular weight is 339 g/mol. The van der Waals surface area contributed by atoms with E-state index in [4.69, 9.17) is 14.4 Å².